The van der Waals surface area contributed by atoms with E-state index in [4.69, 9.17) is 4.74 Å². The highest BCUT2D eigenvalue weighted by atomic mass is 16.5. The summed E-state index contributed by atoms with van der Waals surface area (Å²) in [4.78, 5) is 0. The quantitative estimate of drug-likeness (QED) is 0.669. The van der Waals surface area contributed by atoms with E-state index in [1.165, 1.54) is 0 Å². The Morgan fingerprint density at radius 1 is 1.25 bits per heavy atom. The molecule has 0 unspecified atom stereocenters. The molecule has 0 radical (unpaired) electrons. The maximum atomic E-state index is 9.59. The third-order valence-electron chi connectivity index (χ3n) is 1.97. The monoisotopic (exact) mass is 174 g/mol. The summed E-state index contributed by atoms with van der Waals surface area (Å²) in [6.07, 6.45) is 1.48. The van der Waals surface area contributed by atoms with Gasteiger partial charge in [-0.25, -0.2) is 0 Å². The molecule has 0 aliphatic heterocycles. The molecule has 0 amide bonds. The molecule has 0 rings (SSSR count). The van der Waals surface area contributed by atoms with Crippen LogP contribution in [0.4, 0.5) is 0 Å². The predicted molar refractivity (Wildman–Crippen MR) is 51.2 cm³/mol. The topological polar surface area (TPSA) is 29.5 Å². The number of aliphatic hydroxyl groups is 1. The summed E-state index contributed by atoms with van der Waals surface area (Å²) in [6, 6.07) is 0. The Kier molecular flexibility index (Phi) is 6.39. The first-order valence-corrected chi connectivity index (χ1v) is 4.93. The molecule has 0 fully saturated rings. The molecule has 0 aromatic carbocycles. The van der Waals surface area contributed by atoms with Crippen molar-refractivity contribution in [3.63, 3.8) is 0 Å². The van der Waals surface area contributed by atoms with Crippen molar-refractivity contribution in [2.75, 3.05) is 6.61 Å². The van der Waals surface area contributed by atoms with Gasteiger partial charge in [0.15, 0.2) is 0 Å². The van der Waals surface area contributed by atoms with Gasteiger partial charge in [-0.2, -0.15) is 0 Å². The lowest BCUT2D eigenvalue weighted by Gasteiger charge is -2.25. The molecular formula is C10H22O2. The SMILES string of the molecule is CCCO[C@H](C(C)C)[C@@H](O)CC. The van der Waals surface area contributed by atoms with E-state index in [1.807, 2.05) is 6.92 Å². The van der Waals surface area contributed by atoms with Gasteiger partial charge in [0, 0.05) is 6.61 Å². The molecule has 0 bridgehead atoms. The van der Waals surface area contributed by atoms with E-state index >= 15 is 0 Å². The fraction of sp³-hybridized carbons (Fsp3) is 1.00. The van der Waals surface area contributed by atoms with E-state index < -0.39 is 0 Å². The molecule has 0 heterocycles. The Labute approximate surface area is 75.9 Å². The molecular weight excluding hydrogens is 152 g/mol. The van der Waals surface area contributed by atoms with Gasteiger partial charge >= 0.3 is 0 Å². The van der Waals surface area contributed by atoms with E-state index in [9.17, 15) is 5.11 Å². The summed E-state index contributed by atoms with van der Waals surface area (Å²) < 4.78 is 5.56. The average Bonchev–Trinajstić information content (AvgIpc) is 2.04. The van der Waals surface area contributed by atoms with Crippen LogP contribution >= 0.6 is 0 Å². The molecule has 1 N–H and O–H groups in total. The van der Waals surface area contributed by atoms with Crippen molar-refractivity contribution in [1.82, 2.24) is 0 Å². The third-order valence-corrected chi connectivity index (χ3v) is 1.97. The maximum absolute atomic E-state index is 9.59. The summed E-state index contributed by atoms with van der Waals surface area (Å²) >= 11 is 0. The van der Waals surface area contributed by atoms with Crippen LogP contribution in [0.1, 0.15) is 40.5 Å². The zero-order chi connectivity index (χ0) is 9.56. The molecule has 0 spiro atoms. The highest BCUT2D eigenvalue weighted by molar-refractivity contribution is 4.70. The van der Waals surface area contributed by atoms with Gasteiger partial charge in [-0.15, -0.1) is 0 Å². The highest BCUT2D eigenvalue weighted by Crippen LogP contribution is 2.13. The molecule has 74 valence electrons. The molecule has 2 atom stereocenters. The summed E-state index contributed by atoms with van der Waals surface area (Å²) in [6.45, 7) is 8.98. The van der Waals surface area contributed by atoms with Gasteiger partial charge in [-0.05, 0) is 18.8 Å². The second kappa shape index (κ2) is 6.44. The summed E-state index contributed by atoms with van der Waals surface area (Å²) in [5.74, 6) is 0.395. The summed E-state index contributed by atoms with van der Waals surface area (Å²) in [7, 11) is 0. The smallest absolute Gasteiger partial charge is 0.0856 e. The van der Waals surface area contributed by atoms with Crippen LogP contribution in [-0.2, 0) is 4.74 Å². The molecule has 0 saturated heterocycles. The van der Waals surface area contributed by atoms with Gasteiger partial charge in [-0.1, -0.05) is 27.7 Å². The van der Waals surface area contributed by atoms with Crippen LogP contribution in [0.5, 0.6) is 0 Å². The second-order valence-electron chi connectivity index (χ2n) is 3.56. The average molecular weight is 174 g/mol. The van der Waals surface area contributed by atoms with E-state index in [-0.39, 0.29) is 12.2 Å². The first-order valence-electron chi connectivity index (χ1n) is 4.93. The fourth-order valence-electron chi connectivity index (χ4n) is 1.23. The van der Waals surface area contributed by atoms with Crippen LogP contribution in [0.3, 0.4) is 0 Å². The molecule has 0 aromatic heterocycles. The molecule has 12 heavy (non-hydrogen) atoms. The minimum Gasteiger partial charge on any atom is -0.390 e. The van der Waals surface area contributed by atoms with E-state index in [1.54, 1.807) is 0 Å². The van der Waals surface area contributed by atoms with Crippen LogP contribution in [0.25, 0.3) is 0 Å². The highest BCUT2D eigenvalue weighted by Gasteiger charge is 2.21. The van der Waals surface area contributed by atoms with Crippen LogP contribution in [0.2, 0.25) is 0 Å². The van der Waals surface area contributed by atoms with Crippen LogP contribution in [0.15, 0.2) is 0 Å². The van der Waals surface area contributed by atoms with Crippen LogP contribution in [-0.4, -0.2) is 23.9 Å². The lowest BCUT2D eigenvalue weighted by atomic mass is 10.00. The Morgan fingerprint density at radius 3 is 2.17 bits per heavy atom. The number of hydrogen-bond acceptors (Lipinski definition) is 2. The van der Waals surface area contributed by atoms with E-state index in [0.717, 1.165) is 19.4 Å². The second-order valence-corrected chi connectivity index (χ2v) is 3.56. The molecule has 0 aliphatic carbocycles. The van der Waals surface area contributed by atoms with Gasteiger partial charge in [0.2, 0.25) is 0 Å². The predicted octanol–water partition coefficient (Wildman–Crippen LogP) is 2.21. The first kappa shape index (κ1) is 11.9. The zero-order valence-corrected chi connectivity index (χ0v) is 8.71. The lowest BCUT2D eigenvalue weighted by Crippen LogP contribution is -2.33. The number of aliphatic hydroxyl groups excluding tert-OH is 1. The van der Waals surface area contributed by atoms with Crippen molar-refractivity contribution in [3.05, 3.63) is 0 Å². The largest absolute Gasteiger partial charge is 0.390 e. The Balaban J connectivity index is 3.85. The maximum Gasteiger partial charge on any atom is 0.0856 e. The van der Waals surface area contributed by atoms with Crippen molar-refractivity contribution in [3.8, 4) is 0 Å². The van der Waals surface area contributed by atoms with Crippen molar-refractivity contribution in [2.24, 2.45) is 5.92 Å². The first-order chi connectivity index (χ1) is 5.63. The van der Waals surface area contributed by atoms with Gasteiger partial charge in [-0.3, -0.25) is 0 Å². The number of rotatable bonds is 6. The fourth-order valence-corrected chi connectivity index (χ4v) is 1.23. The lowest BCUT2D eigenvalue weighted by molar-refractivity contribution is -0.0619. The van der Waals surface area contributed by atoms with Crippen molar-refractivity contribution >= 4 is 0 Å². The third kappa shape index (κ3) is 4.07. The Morgan fingerprint density at radius 2 is 1.83 bits per heavy atom. The van der Waals surface area contributed by atoms with Gasteiger partial charge < -0.3 is 9.84 Å². The van der Waals surface area contributed by atoms with Crippen molar-refractivity contribution in [2.45, 2.75) is 52.7 Å². The normalized spacial score (nSPS) is 16.5. The van der Waals surface area contributed by atoms with Crippen LogP contribution < -0.4 is 0 Å². The Bertz CT molecular complexity index is 102. The van der Waals surface area contributed by atoms with Crippen molar-refractivity contribution in [1.29, 1.82) is 0 Å². The number of hydrogen-bond donors (Lipinski definition) is 1. The minimum atomic E-state index is -0.309. The minimum absolute atomic E-state index is 0.00921. The number of ether oxygens (including phenoxy) is 1. The summed E-state index contributed by atoms with van der Waals surface area (Å²) in [5.41, 5.74) is 0. The zero-order valence-electron chi connectivity index (χ0n) is 8.71. The Hall–Kier alpha value is -0.0800. The van der Waals surface area contributed by atoms with Gasteiger partial charge in [0.25, 0.3) is 0 Å². The van der Waals surface area contributed by atoms with Gasteiger partial charge in [0.05, 0.1) is 12.2 Å². The van der Waals surface area contributed by atoms with E-state index in [2.05, 4.69) is 20.8 Å². The molecule has 0 aliphatic rings. The molecule has 0 saturated carbocycles. The van der Waals surface area contributed by atoms with Crippen molar-refractivity contribution < 1.29 is 9.84 Å². The van der Waals surface area contributed by atoms with Crippen LogP contribution in [0, 0.1) is 5.92 Å². The molecule has 2 nitrogen and oxygen atoms in total. The van der Waals surface area contributed by atoms with E-state index in [0.29, 0.717) is 5.92 Å². The molecule has 0 aromatic rings. The van der Waals surface area contributed by atoms with Gasteiger partial charge in [0.1, 0.15) is 0 Å². The summed E-state index contributed by atoms with van der Waals surface area (Å²) in [5, 5.41) is 9.59. The standard InChI is InChI=1S/C10H22O2/c1-5-7-12-10(8(3)4)9(11)6-2/h8-11H,5-7H2,1-4H3/t9-,10+/m0/s1. The molecule has 2 heteroatoms.